The van der Waals surface area contributed by atoms with E-state index < -0.39 is 0 Å². The van der Waals surface area contributed by atoms with Gasteiger partial charge in [-0.2, -0.15) is 0 Å². The van der Waals surface area contributed by atoms with E-state index in [0.717, 1.165) is 6.54 Å². The molecule has 0 saturated carbocycles. The van der Waals surface area contributed by atoms with Gasteiger partial charge in [0.1, 0.15) is 0 Å². The lowest BCUT2D eigenvalue weighted by molar-refractivity contribution is 0.644. The van der Waals surface area contributed by atoms with Gasteiger partial charge in [0.15, 0.2) is 0 Å². The number of hydrogen-bond donors (Lipinski definition) is 2. The van der Waals surface area contributed by atoms with E-state index in [4.69, 9.17) is 5.73 Å². The quantitative estimate of drug-likeness (QED) is 0.675. The number of nitrogens with two attached hydrogens (primary N) is 1. The van der Waals surface area contributed by atoms with Crippen LogP contribution in [0.5, 0.6) is 0 Å². The van der Waals surface area contributed by atoms with E-state index in [1.165, 1.54) is 32.1 Å². The van der Waals surface area contributed by atoms with Crippen LogP contribution in [0.25, 0.3) is 0 Å². The number of hydrogen-bond acceptors (Lipinski definition) is 4. The highest BCUT2D eigenvalue weighted by Crippen LogP contribution is 2.04. The Morgan fingerprint density at radius 1 is 1.13 bits per heavy atom. The number of rotatable bonds is 7. The second kappa shape index (κ2) is 7.04. The summed E-state index contributed by atoms with van der Waals surface area (Å²) in [6.07, 6.45) is 9.62. The first-order valence-electron chi connectivity index (χ1n) is 5.64. The van der Waals surface area contributed by atoms with Gasteiger partial charge >= 0.3 is 0 Å². The minimum absolute atomic E-state index is 0.600. The maximum atomic E-state index is 5.48. The van der Waals surface area contributed by atoms with Gasteiger partial charge < -0.3 is 11.1 Å². The Morgan fingerprint density at radius 2 is 1.80 bits per heavy atom. The molecule has 15 heavy (non-hydrogen) atoms. The normalized spacial score (nSPS) is 10.2. The lowest BCUT2D eigenvalue weighted by Gasteiger charge is -2.04. The molecule has 0 fully saturated rings. The molecule has 1 aromatic heterocycles. The van der Waals surface area contributed by atoms with Crippen molar-refractivity contribution in [3.63, 3.8) is 0 Å². The number of aromatic nitrogens is 2. The molecule has 0 bridgehead atoms. The van der Waals surface area contributed by atoms with Crippen LogP contribution in [-0.4, -0.2) is 16.5 Å². The molecular weight excluding hydrogens is 188 g/mol. The molecule has 4 heteroatoms. The van der Waals surface area contributed by atoms with E-state index >= 15 is 0 Å². The van der Waals surface area contributed by atoms with Crippen LogP contribution in [0.3, 0.4) is 0 Å². The lowest BCUT2D eigenvalue weighted by atomic mass is 10.1. The molecule has 0 saturated heterocycles. The van der Waals surface area contributed by atoms with E-state index in [2.05, 4.69) is 22.2 Å². The highest BCUT2D eigenvalue weighted by atomic mass is 15.1. The van der Waals surface area contributed by atoms with Crippen molar-refractivity contribution in [1.82, 2.24) is 9.97 Å². The molecule has 0 amide bonds. The van der Waals surface area contributed by atoms with Crippen molar-refractivity contribution in [2.45, 2.75) is 39.0 Å². The number of unbranched alkanes of at least 4 members (excludes halogenated alkanes) is 4. The molecule has 0 aromatic carbocycles. The summed E-state index contributed by atoms with van der Waals surface area (Å²) in [5.41, 5.74) is 6.08. The fourth-order valence-corrected chi connectivity index (χ4v) is 1.36. The molecule has 1 aromatic rings. The third-order valence-corrected chi connectivity index (χ3v) is 2.24. The number of nitrogen functional groups attached to an aromatic ring is 1. The van der Waals surface area contributed by atoms with Gasteiger partial charge in [0.05, 0.1) is 18.1 Å². The smallest absolute Gasteiger partial charge is 0.222 e. The maximum Gasteiger partial charge on any atom is 0.222 e. The van der Waals surface area contributed by atoms with Gasteiger partial charge in [-0.15, -0.1) is 0 Å². The Kier molecular flexibility index (Phi) is 5.51. The second-order valence-corrected chi connectivity index (χ2v) is 3.68. The zero-order valence-electron chi connectivity index (χ0n) is 9.37. The standard InChI is InChI=1S/C11H20N4/c1-2-3-4-5-6-7-13-11-14-8-10(12)9-15-11/h8-9H,2-7,12H2,1H3,(H,13,14,15). The van der Waals surface area contributed by atoms with Crippen LogP contribution in [0.2, 0.25) is 0 Å². The van der Waals surface area contributed by atoms with E-state index in [1.54, 1.807) is 12.4 Å². The number of nitrogens with one attached hydrogen (secondary N) is 1. The molecule has 1 heterocycles. The molecule has 0 radical (unpaired) electrons. The fraction of sp³-hybridized carbons (Fsp3) is 0.636. The highest BCUT2D eigenvalue weighted by molar-refractivity contribution is 5.35. The lowest BCUT2D eigenvalue weighted by Crippen LogP contribution is -2.05. The van der Waals surface area contributed by atoms with Crippen LogP contribution < -0.4 is 11.1 Å². The molecule has 1 rings (SSSR count). The molecule has 0 aliphatic rings. The van der Waals surface area contributed by atoms with E-state index in [0.29, 0.717) is 11.6 Å². The predicted octanol–water partition coefficient (Wildman–Crippen LogP) is 2.44. The van der Waals surface area contributed by atoms with Gasteiger partial charge in [-0.1, -0.05) is 32.6 Å². The minimum Gasteiger partial charge on any atom is -0.396 e. The van der Waals surface area contributed by atoms with Crippen molar-refractivity contribution >= 4 is 11.6 Å². The summed E-state index contributed by atoms with van der Waals surface area (Å²) in [5, 5.41) is 3.17. The van der Waals surface area contributed by atoms with Crippen molar-refractivity contribution in [2.75, 3.05) is 17.6 Å². The molecule has 84 valence electrons. The summed E-state index contributed by atoms with van der Waals surface area (Å²) < 4.78 is 0. The van der Waals surface area contributed by atoms with Gasteiger partial charge in [-0.25, -0.2) is 9.97 Å². The second-order valence-electron chi connectivity index (χ2n) is 3.68. The van der Waals surface area contributed by atoms with Crippen molar-refractivity contribution < 1.29 is 0 Å². The van der Waals surface area contributed by atoms with Crippen LogP contribution in [0.4, 0.5) is 11.6 Å². The van der Waals surface area contributed by atoms with Crippen LogP contribution in [0.1, 0.15) is 39.0 Å². The Balaban J connectivity index is 2.07. The third-order valence-electron chi connectivity index (χ3n) is 2.24. The maximum absolute atomic E-state index is 5.48. The summed E-state index contributed by atoms with van der Waals surface area (Å²) >= 11 is 0. The molecule has 0 atom stereocenters. The largest absolute Gasteiger partial charge is 0.396 e. The van der Waals surface area contributed by atoms with Crippen molar-refractivity contribution in [2.24, 2.45) is 0 Å². The van der Waals surface area contributed by atoms with Crippen molar-refractivity contribution in [3.05, 3.63) is 12.4 Å². The first kappa shape index (κ1) is 11.8. The van der Waals surface area contributed by atoms with Gasteiger partial charge in [0, 0.05) is 6.54 Å². The van der Waals surface area contributed by atoms with E-state index in [-0.39, 0.29) is 0 Å². The predicted molar refractivity (Wildman–Crippen MR) is 63.7 cm³/mol. The van der Waals surface area contributed by atoms with Crippen molar-refractivity contribution in [3.8, 4) is 0 Å². The average Bonchev–Trinajstić information content (AvgIpc) is 2.26. The van der Waals surface area contributed by atoms with E-state index in [9.17, 15) is 0 Å². The van der Waals surface area contributed by atoms with Crippen LogP contribution in [-0.2, 0) is 0 Å². The van der Waals surface area contributed by atoms with Crippen LogP contribution >= 0.6 is 0 Å². The summed E-state index contributed by atoms with van der Waals surface area (Å²) in [6.45, 7) is 3.16. The van der Waals surface area contributed by atoms with Gasteiger partial charge in [0.25, 0.3) is 0 Å². The molecule has 0 aliphatic carbocycles. The fourth-order valence-electron chi connectivity index (χ4n) is 1.36. The minimum atomic E-state index is 0.600. The molecule has 0 aliphatic heterocycles. The molecule has 0 spiro atoms. The highest BCUT2D eigenvalue weighted by Gasteiger charge is 1.94. The molecule has 0 unspecified atom stereocenters. The third kappa shape index (κ3) is 5.20. The average molecular weight is 208 g/mol. The topological polar surface area (TPSA) is 63.8 Å². The Bertz CT molecular complexity index is 258. The summed E-state index contributed by atoms with van der Waals surface area (Å²) in [6, 6.07) is 0. The Labute approximate surface area is 91.3 Å². The first-order chi connectivity index (χ1) is 7.33. The van der Waals surface area contributed by atoms with Gasteiger partial charge in [-0.3, -0.25) is 0 Å². The molecule has 4 nitrogen and oxygen atoms in total. The van der Waals surface area contributed by atoms with Gasteiger partial charge in [0.2, 0.25) is 5.95 Å². The number of anilines is 2. The summed E-state index contributed by atoms with van der Waals surface area (Å²) in [7, 11) is 0. The molecular formula is C11H20N4. The van der Waals surface area contributed by atoms with E-state index in [1.807, 2.05) is 0 Å². The summed E-state index contributed by atoms with van der Waals surface area (Å²) in [4.78, 5) is 8.13. The zero-order chi connectivity index (χ0) is 10.9. The first-order valence-corrected chi connectivity index (χ1v) is 5.64. The monoisotopic (exact) mass is 208 g/mol. The van der Waals surface area contributed by atoms with Crippen LogP contribution in [0, 0.1) is 0 Å². The molecule has 3 N–H and O–H groups in total. The number of nitrogens with zero attached hydrogens (tertiary/aromatic N) is 2. The van der Waals surface area contributed by atoms with Crippen LogP contribution in [0.15, 0.2) is 12.4 Å². The Morgan fingerprint density at radius 3 is 2.47 bits per heavy atom. The van der Waals surface area contributed by atoms with Gasteiger partial charge in [-0.05, 0) is 6.42 Å². The zero-order valence-corrected chi connectivity index (χ0v) is 9.37. The van der Waals surface area contributed by atoms with Crippen molar-refractivity contribution in [1.29, 1.82) is 0 Å². The SMILES string of the molecule is CCCCCCCNc1ncc(N)cn1. The summed E-state index contributed by atoms with van der Waals surface area (Å²) in [5.74, 6) is 0.666. The Hall–Kier alpha value is -1.32.